The van der Waals surface area contributed by atoms with Gasteiger partial charge in [0.1, 0.15) is 0 Å². The predicted octanol–water partition coefficient (Wildman–Crippen LogP) is 3.29. The molecule has 1 aliphatic rings. The number of hydrogen-bond donors (Lipinski definition) is 1. The maximum Gasteiger partial charge on any atom is 0.215 e. The molecule has 1 N–H and O–H groups in total. The largest absolute Gasteiger partial charge is 0.481 e. The van der Waals surface area contributed by atoms with E-state index in [1.807, 2.05) is 12.1 Å². The summed E-state index contributed by atoms with van der Waals surface area (Å²) in [5, 5.41) is 0. The van der Waals surface area contributed by atoms with Gasteiger partial charge in [-0.15, -0.1) is 0 Å². The first-order chi connectivity index (χ1) is 8.67. The Kier molecular flexibility index (Phi) is 2.66. The Morgan fingerprint density at radius 3 is 2.89 bits per heavy atom. The average Bonchev–Trinajstić information content (AvgIpc) is 3.10. The van der Waals surface area contributed by atoms with Crippen LogP contribution in [0.3, 0.4) is 0 Å². The van der Waals surface area contributed by atoms with Crippen LogP contribution in [0.15, 0.2) is 12.1 Å². The fourth-order valence-electron chi connectivity index (χ4n) is 2.41. The first-order valence-electron chi connectivity index (χ1n) is 6.31. The minimum absolute atomic E-state index is 0.443. The second-order valence-electron chi connectivity index (χ2n) is 5.09. The molecule has 0 saturated heterocycles. The third-order valence-electron chi connectivity index (χ3n) is 4.00. The van der Waals surface area contributed by atoms with Gasteiger partial charge < -0.3 is 14.3 Å². The van der Waals surface area contributed by atoms with Crippen molar-refractivity contribution in [1.29, 1.82) is 0 Å². The quantitative estimate of drug-likeness (QED) is 0.861. The monoisotopic (exact) mass is 263 g/mol. The zero-order valence-corrected chi connectivity index (χ0v) is 11.5. The van der Waals surface area contributed by atoms with Crippen LogP contribution in [0.2, 0.25) is 0 Å². The van der Waals surface area contributed by atoms with Crippen LogP contribution in [0.5, 0.6) is 5.88 Å². The number of H-pyrrole nitrogens is 1. The van der Waals surface area contributed by atoms with Crippen molar-refractivity contribution in [2.45, 2.75) is 32.7 Å². The predicted molar refractivity (Wildman–Crippen MR) is 73.4 cm³/mol. The third-order valence-corrected chi connectivity index (χ3v) is 4.32. The fourth-order valence-corrected chi connectivity index (χ4v) is 2.67. The summed E-state index contributed by atoms with van der Waals surface area (Å²) in [6.45, 7) is 3.21. The summed E-state index contributed by atoms with van der Waals surface area (Å²) in [6, 6.07) is 3.82. The Labute approximate surface area is 111 Å². The number of imidazole rings is 1. The maximum atomic E-state index is 5.40. The number of nitrogens with zero attached hydrogens (tertiary/aromatic N) is 2. The first kappa shape index (κ1) is 11.7. The number of pyridine rings is 1. The molecule has 0 amide bonds. The minimum Gasteiger partial charge on any atom is -0.481 e. The lowest BCUT2D eigenvalue weighted by molar-refractivity contribution is 0.394. The second kappa shape index (κ2) is 4.09. The summed E-state index contributed by atoms with van der Waals surface area (Å²) in [5.74, 6) is 0.631. The van der Waals surface area contributed by atoms with E-state index in [1.165, 1.54) is 19.3 Å². The van der Waals surface area contributed by atoms with Crippen LogP contribution in [0.1, 0.15) is 26.2 Å². The number of ether oxygens (including phenoxy) is 1. The molecule has 0 bridgehead atoms. The molecule has 0 radical (unpaired) electrons. The van der Waals surface area contributed by atoms with E-state index in [0.29, 0.717) is 11.3 Å². The molecular weight excluding hydrogens is 246 g/mol. The van der Waals surface area contributed by atoms with Crippen LogP contribution in [0, 0.1) is 10.2 Å². The Morgan fingerprint density at radius 1 is 1.50 bits per heavy atom. The molecule has 4 nitrogen and oxygen atoms in total. The summed E-state index contributed by atoms with van der Waals surface area (Å²) < 4.78 is 8.06. The van der Waals surface area contributed by atoms with Gasteiger partial charge in [-0.1, -0.05) is 6.92 Å². The molecule has 1 saturated carbocycles. The van der Waals surface area contributed by atoms with Crippen LogP contribution >= 0.6 is 12.2 Å². The molecule has 3 rings (SSSR count). The van der Waals surface area contributed by atoms with Crippen molar-refractivity contribution in [1.82, 2.24) is 14.5 Å². The van der Waals surface area contributed by atoms with E-state index in [-0.39, 0.29) is 0 Å². The minimum atomic E-state index is 0.443. The van der Waals surface area contributed by atoms with E-state index in [2.05, 4.69) is 21.5 Å². The summed E-state index contributed by atoms with van der Waals surface area (Å²) in [5.41, 5.74) is 2.32. The van der Waals surface area contributed by atoms with Crippen LogP contribution < -0.4 is 4.74 Å². The first-order valence-corrected chi connectivity index (χ1v) is 6.72. The Bertz CT molecular complexity index is 639. The molecule has 18 heavy (non-hydrogen) atoms. The number of rotatable bonds is 4. The number of aromatic nitrogens is 3. The number of aromatic amines is 1. The van der Waals surface area contributed by atoms with Gasteiger partial charge in [-0.2, -0.15) is 4.98 Å². The van der Waals surface area contributed by atoms with Gasteiger partial charge in [0, 0.05) is 12.6 Å². The molecule has 2 aromatic rings. The molecule has 1 fully saturated rings. The van der Waals surface area contributed by atoms with Gasteiger partial charge in [0.2, 0.25) is 5.88 Å². The molecule has 0 unspecified atom stereocenters. The van der Waals surface area contributed by atoms with Crippen LogP contribution in [-0.2, 0) is 6.54 Å². The normalized spacial score (nSPS) is 17.0. The summed E-state index contributed by atoms with van der Waals surface area (Å²) in [6.07, 6.45) is 3.79. The summed E-state index contributed by atoms with van der Waals surface area (Å²) in [7, 11) is 1.63. The smallest absolute Gasteiger partial charge is 0.215 e. The summed E-state index contributed by atoms with van der Waals surface area (Å²) >= 11 is 5.40. The van der Waals surface area contributed by atoms with E-state index in [9.17, 15) is 0 Å². The van der Waals surface area contributed by atoms with E-state index in [1.54, 1.807) is 7.11 Å². The van der Waals surface area contributed by atoms with Crippen molar-refractivity contribution in [3.8, 4) is 5.88 Å². The van der Waals surface area contributed by atoms with Gasteiger partial charge in [0.05, 0.1) is 12.6 Å². The zero-order valence-electron chi connectivity index (χ0n) is 10.7. The highest BCUT2D eigenvalue weighted by atomic mass is 32.1. The highest BCUT2D eigenvalue weighted by molar-refractivity contribution is 7.71. The van der Waals surface area contributed by atoms with Gasteiger partial charge >= 0.3 is 0 Å². The SMILES string of the molecule is CCC1(Cn2c(=S)[nH]c3ccc(OC)nc32)CC1. The maximum absolute atomic E-state index is 5.40. The van der Waals surface area contributed by atoms with Crippen molar-refractivity contribution >= 4 is 23.4 Å². The second-order valence-corrected chi connectivity index (χ2v) is 5.48. The molecule has 96 valence electrons. The van der Waals surface area contributed by atoms with Gasteiger partial charge in [-0.05, 0) is 43.0 Å². The molecule has 0 aliphatic heterocycles. The topological polar surface area (TPSA) is 42.8 Å². The number of fused-ring (bicyclic) bond motifs is 1. The van der Waals surface area contributed by atoms with Crippen molar-refractivity contribution in [2.24, 2.45) is 5.41 Å². The standard InChI is InChI=1S/C13H17N3OS/c1-3-13(6-7-13)8-16-11-9(14-12(16)18)4-5-10(15-11)17-2/h4-5H,3,6-8H2,1-2H3,(H,14,18). The lowest BCUT2D eigenvalue weighted by Gasteiger charge is -2.13. The lowest BCUT2D eigenvalue weighted by atomic mass is 10.0. The van der Waals surface area contributed by atoms with Crippen molar-refractivity contribution in [2.75, 3.05) is 7.11 Å². The van der Waals surface area contributed by atoms with Gasteiger partial charge in [-0.25, -0.2) is 0 Å². The Hall–Kier alpha value is -1.36. The zero-order chi connectivity index (χ0) is 12.8. The molecule has 0 aromatic carbocycles. The number of methoxy groups -OCH3 is 1. The van der Waals surface area contributed by atoms with Gasteiger partial charge in [0.25, 0.3) is 0 Å². The highest BCUT2D eigenvalue weighted by Gasteiger charge is 2.41. The molecule has 2 heterocycles. The highest BCUT2D eigenvalue weighted by Crippen LogP contribution is 2.50. The molecule has 5 heteroatoms. The number of hydrogen-bond acceptors (Lipinski definition) is 3. The molecule has 2 aromatic heterocycles. The fraction of sp³-hybridized carbons (Fsp3) is 0.538. The molecular formula is C13H17N3OS. The molecule has 0 atom stereocenters. The van der Waals surface area contributed by atoms with Crippen LogP contribution in [-0.4, -0.2) is 21.6 Å². The van der Waals surface area contributed by atoms with Crippen molar-refractivity contribution in [3.63, 3.8) is 0 Å². The average molecular weight is 263 g/mol. The Balaban J connectivity index is 2.09. The van der Waals surface area contributed by atoms with E-state index in [4.69, 9.17) is 17.0 Å². The van der Waals surface area contributed by atoms with Crippen molar-refractivity contribution < 1.29 is 4.74 Å². The van der Waals surface area contributed by atoms with Crippen LogP contribution in [0.25, 0.3) is 11.2 Å². The van der Waals surface area contributed by atoms with E-state index < -0.39 is 0 Å². The molecule has 1 aliphatic carbocycles. The van der Waals surface area contributed by atoms with Gasteiger partial charge in [-0.3, -0.25) is 0 Å². The third kappa shape index (κ3) is 1.82. The Morgan fingerprint density at radius 2 is 2.28 bits per heavy atom. The lowest BCUT2D eigenvalue weighted by Crippen LogP contribution is -2.11. The van der Waals surface area contributed by atoms with Crippen LogP contribution in [0.4, 0.5) is 0 Å². The van der Waals surface area contributed by atoms with Crippen molar-refractivity contribution in [3.05, 3.63) is 16.9 Å². The van der Waals surface area contributed by atoms with Gasteiger partial charge in [0.15, 0.2) is 10.4 Å². The van der Waals surface area contributed by atoms with E-state index >= 15 is 0 Å². The molecule has 0 spiro atoms. The van der Waals surface area contributed by atoms with E-state index in [0.717, 1.165) is 22.5 Å². The number of nitrogens with one attached hydrogen (secondary N) is 1. The summed E-state index contributed by atoms with van der Waals surface area (Å²) in [4.78, 5) is 7.72.